The van der Waals surface area contributed by atoms with Crippen molar-refractivity contribution in [2.45, 2.75) is 6.92 Å². The Hall–Kier alpha value is -2.79. The lowest BCUT2D eigenvalue weighted by molar-refractivity contribution is 0.478. The molecule has 0 aromatic heterocycles. The van der Waals surface area contributed by atoms with Crippen LogP contribution in [0.4, 0.5) is 22.7 Å². The van der Waals surface area contributed by atoms with Gasteiger partial charge in [0.2, 0.25) is 0 Å². The van der Waals surface area contributed by atoms with Gasteiger partial charge in [0.15, 0.2) is 0 Å². The summed E-state index contributed by atoms with van der Waals surface area (Å²) in [6.45, 7) is 1.84. The van der Waals surface area contributed by atoms with E-state index >= 15 is 0 Å². The first-order valence-corrected chi connectivity index (χ1v) is 7.27. The van der Waals surface area contributed by atoms with Gasteiger partial charge in [-0.05, 0) is 30.7 Å². The molecule has 0 radical (unpaired) electrons. The van der Waals surface area contributed by atoms with Gasteiger partial charge < -0.3 is 15.7 Å². The number of phenols is 1. The molecular formula is C17H13ClN2O3. The Bertz CT molecular complexity index is 959. The van der Waals surface area contributed by atoms with Crippen LogP contribution >= 0.6 is 11.6 Å². The van der Waals surface area contributed by atoms with Crippen LogP contribution in [-0.2, 0) is 0 Å². The van der Waals surface area contributed by atoms with Crippen LogP contribution < -0.4 is 21.5 Å². The van der Waals surface area contributed by atoms with Gasteiger partial charge in [-0.2, -0.15) is 0 Å². The van der Waals surface area contributed by atoms with Gasteiger partial charge in [-0.1, -0.05) is 35.9 Å². The average molecular weight is 329 g/mol. The van der Waals surface area contributed by atoms with Gasteiger partial charge in [0.25, 0.3) is 10.9 Å². The highest BCUT2D eigenvalue weighted by Crippen LogP contribution is 2.32. The third-order valence-electron chi connectivity index (χ3n) is 3.53. The van der Waals surface area contributed by atoms with Crippen LogP contribution in [0.5, 0.6) is 5.75 Å². The molecule has 0 unspecified atom stereocenters. The second kappa shape index (κ2) is 5.78. The number of rotatable bonds is 4. The van der Waals surface area contributed by atoms with Crippen molar-refractivity contribution in [3.8, 4) is 5.75 Å². The maximum absolute atomic E-state index is 11.8. The summed E-state index contributed by atoms with van der Waals surface area (Å²) in [7, 11) is 0. The van der Waals surface area contributed by atoms with Crippen molar-refractivity contribution in [1.82, 2.24) is 0 Å². The largest absolute Gasteiger partial charge is 0.506 e. The fourth-order valence-electron chi connectivity index (χ4n) is 2.22. The first kappa shape index (κ1) is 15.1. The number of halogens is 1. The van der Waals surface area contributed by atoms with Crippen LogP contribution in [0, 0.1) is 6.92 Å². The van der Waals surface area contributed by atoms with Crippen LogP contribution in [0.2, 0.25) is 5.02 Å². The monoisotopic (exact) mass is 328 g/mol. The Kier molecular flexibility index (Phi) is 3.80. The zero-order valence-electron chi connectivity index (χ0n) is 12.2. The van der Waals surface area contributed by atoms with Crippen LogP contribution in [0.25, 0.3) is 0 Å². The Morgan fingerprint density at radius 2 is 1.43 bits per heavy atom. The molecule has 0 aliphatic rings. The highest BCUT2D eigenvalue weighted by Gasteiger charge is 2.22. The van der Waals surface area contributed by atoms with Gasteiger partial charge in [-0.15, -0.1) is 0 Å². The van der Waals surface area contributed by atoms with Crippen molar-refractivity contribution in [3.63, 3.8) is 0 Å². The second-order valence-electron chi connectivity index (χ2n) is 5.11. The number of hydrogen-bond donors (Lipinski definition) is 3. The average Bonchev–Trinajstić information content (AvgIpc) is 2.55. The standard InChI is InChI=1S/C17H13ClN2O3/c1-9-5-4-7-11(13(9)18)20-15-14(16(22)17(15)23)19-10-6-2-3-8-12(10)21/h2-8,19-21H,1H3. The molecule has 0 atom stereocenters. The van der Waals surface area contributed by atoms with Crippen molar-refractivity contribution in [3.05, 3.63) is 73.5 Å². The minimum absolute atomic E-state index is 0.0138. The topological polar surface area (TPSA) is 78.4 Å². The third kappa shape index (κ3) is 2.66. The van der Waals surface area contributed by atoms with Gasteiger partial charge in [0.1, 0.15) is 17.1 Å². The molecule has 23 heavy (non-hydrogen) atoms. The normalized spacial score (nSPS) is 10.7. The first-order valence-electron chi connectivity index (χ1n) is 6.89. The zero-order chi connectivity index (χ0) is 16.6. The fraction of sp³-hybridized carbons (Fsp3) is 0.0588. The number of para-hydroxylation sites is 2. The highest BCUT2D eigenvalue weighted by molar-refractivity contribution is 6.34. The highest BCUT2D eigenvalue weighted by atomic mass is 35.5. The molecule has 3 rings (SSSR count). The summed E-state index contributed by atoms with van der Waals surface area (Å²) in [6.07, 6.45) is 0. The van der Waals surface area contributed by atoms with Crippen LogP contribution in [-0.4, -0.2) is 5.11 Å². The molecule has 116 valence electrons. The number of aryl methyl sites for hydroxylation is 1. The summed E-state index contributed by atoms with van der Waals surface area (Å²) in [4.78, 5) is 23.6. The van der Waals surface area contributed by atoms with E-state index in [4.69, 9.17) is 11.6 Å². The Labute approximate surface area is 136 Å². The summed E-state index contributed by atoms with van der Waals surface area (Å²) < 4.78 is 0. The van der Waals surface area contributed by atoms with Crippen molar-refractivity contribution in [1.29, 1.82) is 0 Å². The number of aromatic hydroxyl groups is 1. The quantitative estimate of drug-likeness (QED) is 0.505. The number of phenolic OH excluding ortho intramolecular Hbond substituents is 1. The third-order valence-corrected chi connectivity index (χ3v) is 4.03. The van der Waals surface area contributed by atoms with E-state index in [-0.39, 0.29) is 17.1 Å². The van der Waals surface area contributed by atoms with Crippen molar-refractivity contribution < 1.29 is 5.11 Å². The lowest BCUT2D eigenvalue weighted by Crippen LogP contribution is -2.35. The van der Waals surface area contributed by atoms with Crippen LogP contribution in [0.1, 0.15) is 5.56 Å². The summed E-state index contributed by atoms with van der Waals surface area (Å²) in [5.74, 6) is -0.0138. The summed E-state index contributed by atoms with van der Waals surface area (Å²) in [5.41, 5.74) is 0.711. The molecule has 0 spiro atoms. The van der Waals surface area contributed by atoms with Gasteiger partial charge in [-0.25, -0.2) is 0 Å². The van der Waals surface area contributed by atoms with E-state index in [1.54, 1.807) is 30.3 Å². The fourth-order valence-corrected chi connectivity index (χ4v) is 2.40. The molecule has 0 bridgehead atoms. The maximum Gasteiger partial charge on any atom is 0.253 e. The summed E-state index contributed by atoms with van der Waals surface area (Å²) in [5, 5.41) is 15.9. The van der Waals surface area contributed by atoms with Gasteiger partial charge >= 0.3 is 0 Å². The number of hydrogen-bond acceptors (Lipinski definition) is 5. The molecule has 0 aliphatic heterocycles. The SMILES string of the molecule is Cc1cccc(Nc2c(Nc3ccccc3O)c(=O)c2=O)c1Cl. The second-order valence-corrected chi connectivity index (χ2v) is 5.49. The molecule has 3 N–H and O–H groups in total. The summed E-state index contributed by atoms with van der Waals surface area (Å²) in [6, 6.07) is 11.8. The molecule has 0 saturated heterocycles. The Balaban J connectivity index is 1.95. The van der Waals surface area contributed by atoms with Gasteiger partial charge in [-0.3, -0.25) is 9.59 Å². The molecule has 3 aromatic carbocycles. The van der Waals surface area contributed by atoms with Crippen molar-refractivity contribution in [2.24, 2.45) is 0 Å². The van der Waals surface area contributed by atoms with Crippen LogP contribution in [0.15, 0.2) is 52.1 Å². The van der Waals surface area contributed by atoms with E-state index in [0.29, 0.717) is 16.4 Å². The Morgan fingerprint density at radius 3 is 2.09 bits per heavy atom. The van der Waals surface area contributed by atoms with E-state index < -0.39 is 10.9 Å². The van der Waals surface area contributed by atoms with Crippen LogP contribution in [0.3, 0.4) is 0 Å². The lowest BCUT2D eigenvalue weighted by Gasteiger charge is -2.16. The molecule has 6 heteroatoms. The van der Waals surface area contributed by atoms with Crippen molar-refractivity contribution in [2.75, 3.05) is 10.6 Å². The summed E-state index contributed by atoms with van der Waals surface area (Å²) >= 11 is 6.19. The van der Waals surface area contributed by atoms with E-state index in [2.05, 4.69) is 10.6 Å². The molecular weight excluding hydrogens is 316 g/mol. The first-order chi connectivity index (χ1) is 11.0. The maximum atomic E-state index is 11.8. The van der Waals surface area contributed by atoms with E-state index in [0.717, 1.165) is 5.56 Å². The Morgan fingerprint density at radius 1 is 0.870 bits per heavy atom. The number of anilines is 4. The predicted molar refractivity (Wildman–Crippen MR) is 92.2 cm³/mol. The lowest BCUT2D eigenvalue weighted by atomic mass is 10.1. The zero-order valence-corrected chi connectivity index (χ0v) is 12.9. The molecule has 0 amide bonds. The van der Waals surface area contributed by atoms with E-state index in [9.17, 15) is 14.7 Å². The predicted octanol–water partition coefficient (Wildman–Crippen LogP) is 3.44. The molecule has 0 fully saturated rings. The number of nitrogens with one attached hydrogen (secondary N) is 2. The molecule has 3 aromatic rings. The number of benzene rings is 2. The smallest absolute Gasteiger partial charge is 0.253 e. The molecule has 0 saturated carbocycles. The molecule has 0 heterocycles. The van der Waals surface area contributed by atoms with Gasteiger partial charge in [0.05, 0.1) is 16.4 Å². The van der Waals surface area contributed by atoms with Gasteiger partial charge in [0, 0.05) is 0 Å². The molecule has 0 aliphatic carbocycles. The van der Waals surface area contributed by atoms with E-state index in [1.165, 1.54) is 6.07 Å². The molecule has 5 nitrogen and oxygen atoms in total. The van der Waals surface area contributed by atoms with E-state index in [1.807, 2.05) is 13.0 Å². The minimum atomic E-state index is -0.639. The van der Waals surface area contributed by atoms with Crippen molar-refractivity contribution >= 4 is 34.4 Å². The minimum Gasteiger partial charge on any atom is -0.506 e.